The number of benzene rings is 2. The van der Waals surface area contributed by atoms with Crippen LogP contribution < -0.4 is 0 Å². The van der Waals surface area contributed by atoms with E-state index in [0.717, 1.165) is 4.90 Å². The summed E-state index contributed by atoms with van der Waals surface area (Å²) >= 11 is 3.32. The first kappa shape index (κ1) is 15.2. The molecule has 0 aliphatic heterocycles. The van der Waals surface area contributed by atoms with E-state index < -0.39 is 5.91 Å². The molecule has 106 valence electrons. The molecule has 0 aliphatic rings. The Morgan fingerprint density at radius 1 is 1.00 bits per heavy atom. The number of carbonyl (C=O) groups is 2. The number of likely N-dealkylation sites (N-methyl/N-ethyl adjacent to an activating group) is 1. The summed E-state index contributed by atoms with van der Waals surface area (Å²) in [6.45, 7) is 3.79. The van der Waals surface area contributed by atoms with Crippen molar-refractivity contribution in [2.75, 3.05) is 7.05 Å². The molecule has 0 fully saturated rings. The van der Waals surface area contributed by atoms with Crippen molar-refractivity contribution in [3.8, 4) is 0 Å². The molecule has 0 bridgehead atoms. The van der Waals surface area contributed by atoms with Crippen molar-refractivity contribution in [2.45, 2.75) is 0 Å². The maximum atomic E-state index is 12.4. The van der Waals surface area contributed by atoms with Gasteiger partial charge in [0.05, 0.1) is 5.56 Å². The predicted octanol–water partition coefficient (Wildman–Crippen LogP) is 3.76. The van der Waals surface area contributed by atoms with Crippen LogP contribution in [0.1, 0.15) is 15.9 Å². The number of hydrogen-bond donors (Lipinski definition) is 0. The lowest BCUT2D eigenvalue weighted by molar-refractivity contribution is -0.121. The van der Waals surface area contributed by atoms with Gasteiger partial charge in [0, 0.05) is 17.1 Å². The van der Waals surface area contributed by atoms with Gasteiger partial charge < -0.3 is 0 Å². The van der Waals surface area contributed by atoms with Crippen molar-refractivity contribution in [1.29, 1.82) is 0 Å². The first-order valence-electron chi connectivity index (χ1n) is 6.33. The zero-order valence-electron chi connectivity index (χ0n) is 11.5. The van der Waals surface area contributed by atoms with Gasteiger partial charge in [-0.3, -0.25) is 14.5 Å². The van der Waals surface area contributed by atoms with E-state index in [0.29, 0.717) is 21.2 Å². The summed E-state index contributed by atoms with van der Waals surface area (Å²) in [6.07, 6.45) is 0. The molecular formula is C17H14BrNO2. The molecular weight excluding hydrogens is 330 g/mol. The Kier molecular flexibility index (Phi) is 4.70. The van der Waals surface area contributed by atoms with Crippen molar-refractivity contribution in [3.05, 3.63) is 76.8 Å². The zero-order chi connectivity index (χ0) is 15.4. The van der Waals surface area contributed by atoms with Gasteiger partial charge in [0.1, 0.15) is 0 Å². The van der Waals surface area contributed by atoms with Crippen LogP contribution in [0.5, 0.6) is 0 Å². The fourth-order valence-corrected chi connectivity index (χ4v) is 2.33. The SMILES string of the molecule is C=C(C(=O)N(C)C(=O)c1ccccc1Br)c1ccccc1. The monoisotopic (exact) mass is 343 g/mol. The number of imide groups is 1. The predicted molar refractivity (Wildman–Crippen MR) is 86.7 cm³/mol. The number of carbonyl (C=O) groups excluding carboxylic acids is 2. The number of nitrogens with zero attached hydrogens (tertiary/aromatic N) is 1. The third-order valence-electron chi connectivity index (χ3n) is 3.09. The molecule has 0 atom stereocenters. The van der Waals surface area contributed by atoms with E-state index in [4.69, 9.17) is 0 Å². The first-order valence-corrected chi connectivity index (χ1v) is 7.13. The maximum Gasteiger partial charge on any atom is 0.261 e. The topological polar surface area (TPSA) is 37.4 Å². The molecule has 3 nitrogen and oxygen atoms in total. The van der Waals surface area contributed by atoms with E-state index >= 15 is 0 Å². The first-order chi connectivity index (χ1) is 10.0. The molecule has 0 N–H and O–H groups in total. The van der Waals surface area contributed by atoms with Gasteiger partial charge in [-0.15, -0.1) is 0 Å². The maximum absolute atomic E-state index is 12.4. The second kappa shape index (κ2) is 6.50. The summed E-state index contributed by atoms with van der Waals surface area (Å²) in [4.78, 5) is 25.8. The lowest BCUT2D eigenvalue weighted by atomic mass is 10.1. The van der Waals surface area contributed by atoms with Crippen LogP contribution in [0, 0.1) is 0 Å². The smallest absolute Gasteiger partial charge is 0.261 e. The highest BCUT2D eigenvalue weighted by molar-refractivity contribution is 9.10. The summed E-state index contributed by atoms with van der Waals surface area (Å²) < 4.78 is 0.653. The average Bonchev–Trinajstić information content (AvgIpc) is 2.53. The molecule has 2 rings (SSSR count). The molecule has 2 aromatic carbocycles. The van der Waals surface area contributed by atoms with Gasteiger partial charge >= 0.3 is 0 Å². The van der Waals surface area contributed by atoms with E-state index in [-0.39, 0.29) is 5.91 Å². The van der Waals surface area contributed by atoms with E-state index in [1.165, 1.54) is 7.05 Å². The lowest BCUT2D eigenvalue weighted by Gasteiger charge is -2.17. The Labute approximate surface area is 132 Å². The molecule has 21 heavy (non-hydrogen) atoms. The van der Waals surface area contributed by atoms with Crippen molar-refractivity contribution in [1.82, 2.24) is 4.90 Å². The summed E-state index contributed by atoms with van der Waals surface area (Å²) in [5.74, 6) is -0.786. The van der Waals surface area contributed by atoms with Crippen LogP contribution in [-0.2, 0) is 4.79 Å². The summed E-state index contributed by atoms with van der Waals surface area (Å²) in [6, 6.07) is 16.1. The average molecular weight is 344 g/mol. The molecule has 0 aliphatic carbocycles. The van der Waals surface area contributed by atoms with Crippen LogP contribution in [0.15, 0.2) is 65.6 Å². The van der Waals surface area contributed by atoms with Gasteiger partial charge in [-0.05, 0) is 33.6 Å². The molecule has 2 amide bonds. The van der Waals surface area contributed by atoms with Gasteiger partial charge in [-0.1, -0.05) is 49.0 Å². The number of rotatable bonds is 3. The minimum atomic E-state index is -0.415. The lowest BCUT2D eigenvalue weighted by Crippen LogP contribution is -2.33. The number of amides is 2. The highest BCUT2D eigenvalue weighted by Crippen LogP contribution is 2.20. The van der Waals surface area contributed by atoms with Crippen LogP contribution in [0.25, 0.3) is 5.57 Å². The quantitative estimate of drug-likeness (QED) is 0.795. The Hall–Kier alpha value is -2.20. The largest absolute Gasteiger partial charge is 0.277 e. The van der Waals surface area contributed by atoms with E-state index in [2.05, 4.69) is 22.5 Å². The third-order valence-corrected chi connectivity index (χ3v) is 3.79. The Balaban J connectivity index is 2.22. The second-order valence-corrected chi connectivity index (χ2v) is 5.35. The van der Waals surface area contributed by atoms with Gasteiger partial charge in [-0.2, -0.15) is 0 Å². The summed E-state index contributed by atoms with van der Waals surface area (Å²) in [5.41, 5.74) is 1.43. The van der Waals surface area contributed by atoms with Gasteiger partial charge in [0.25, 0.3) is 11.8 Å². The molecule has 0 radical (unpaired) electrons. The Morgan fingerprint density at radius 2 is 1.57 bits per heavy atom. The van der Waals surface area contributed by atoms with Crippen molar-refractivity contribution >= 4 is 33.3 Å². The number of hydrogen-bond acceptors (Lipinski definition) is 2. The molecule has 0 unspecified atom stereocenters. The molecule has 2 aromatic rings. The van der Waals surface area contributed by atoms with Crippen LogP contribution in [0.2, 0.25) is 0 Å². The molecule has 0 aromatic heterocycles. The van der Waals surface area contributed by atoms with Crippen LogP contribution in [0.3, 0.4) is 0 Å². The highest BCUT2D eigenvalue weighted by Gasteiger charge is 2.22. The standard InChI is InChI=1S/C17H14BrNO2/c1-12(13-8-4-3-5-9-13)16(20)19(2)17(21)14-10-6-7-11-15(14)18/h3-11H,1H2,2H3. The second-order valence-electron chi connectivity index (χ2n) is 4.49. The Morgan fingerprint density at radius 3 is 2.19 bits per heavy atom. The summed E-state index contributed by atoms with van der Waals surface area (Å²) in [7, 11) is 1.46. The summed E-state index contributed by atoms with van der Waals surface area (Å²) in [5, 5.41) is 0. The number of halogens is 1. The molecule has 0 heterocycles. The molecule has 4 heteroatoms. The molecule has 0 saturated heterocycles. The third kappa shape index (κ3) is 3.28. The minimum absolute atomic E-state index is 0.290. The van der Waals surface area contributed by atoms with Crippen molar-refractivity contribution < 1.29 is 9.59 Å². The highest BCUT2D eigenvalue weighted by atomic mass is 79.9. The van der Waals surface area contributed by atoms with Crippen molar-refractivity contribution in [3.63, 3.8) is 0 Å². The van der Waals surface area contributed by atoms with Crippen LogP contribution in [-0.4, -0.2) is 23.8 Å². The normalized spacial score (nSPS) is 10.0. The van der Waals surface area contributed by atoms with E-state index in [9.17, 15) is 9.59 Å². The van der Waals surface area contributed by atoms with Gasteiger partial charge in [-0.25, -0.2) is 0 Å². The van der Waals surface area contributed by atoms with Crippen LogP contribution >= 0.6 is 15.9 Å². The van der Waals surface area contributed by atoms with Crippen molar-refractivity contribution in [2.24, 2.45) is 0 Å². The zero-order valence-corrected chi connectivity index (χ0v) is 13.1. The van der Waals surface area contributed by atoms with Crippen LogP contribution in [0.4, 0.5) is 0 Å². The van der Waals surface area contributed by atoms with E-state index in [1.54, 1.807) is 30.3 Å². The molecule has 0 saturated carbocycles. The minimum Gasteiger partial charge on any atom is -0.277 e. The Bertz CT molecular complexity index is 695. The van der Waals surface area contributed by atoms with E-state index in [1.807, 2.05) is 24.3 Å². The van der Waals surface area contributed by atoms with Gasteiger partial charge in [0.2, 0.25) is 0 Å². The fraction of sp³-hybridized carbons (Fsp3) is 0.0588. The molecule has 0 spiro atoms. The fourth-order valence-electron chi connectivity index (χ4n) is 1.87. The van der Waals surface area contributed by atoms with Gasteiger partial charge in [0.15, 0.2) is 0 Å².